The van der Waals surface area contributed by atoms with E-state index >= 15 is 0 Å². The molecule has 0 unspecified atom stereocenters. The lowest BCUT2D eigenvalue weighted by molar-refractivity contribution is 0.0529. The highest BCUT2D eigenvalue weighted by Crippen LogP contribution is 2.34. The van der Waals surface area contributed by atoms with Crippen molar-refractivity contribution in [2.24, 2.45) is 0 Å². The van der Waals surface area contributed by atoms with Crippen LogP contribution < -0.4 is 24.4 Å². The highest BCUT2D eigenvalue weighted by atomic mass is 32.2. The topological polar surface area (TPSA) is 106 Å². The SMILES string of the molecule is COc1ccc(CN(CCNC(=O)OC(C)(C)C)c2cccc(NS(=O)(=O)c3cc(-c4c(F)cccc4F)ccc3OC)c2)cc1. The Hall–Kier alpha value is -4.84. The fourth-order valence-electron chi connectivity index (χ4n) is 4.65. The molecule has 12 heteroatoms. The fourth-order valence-corrected chi connectivity index (χ4v) is 5.90. The number of nitrogens with zero attached hydrogens (tertiary/aromatic N) is 1. The molecule has 0 radical (unpaired) electrons. The van der Waals surface area contributed by atoms with E-state index in [1.54, 1.807) is 46.1 Å². The van der Waals surface area contributed by atoms with Crippen LogP contribution in [0.15, 0.2) is 89.8 Å². The standard InChI is InChI=1S/C34H37F2N3O6S/c1-34(2,3)45-33(40)37-18-19-39(22-23-12-15-27(43-4)16-13-23)26-9-6-8-25(21-26)38-46(41,42)31-20-24(14-17-30(31)44-5)32-28(35)10-7-11-29(32)36/h6-17,20-21,38H,18-19,22H2,1-5H3,(H,37,40). The van der Waals surface area contributed by atoms with Crippen LogP contribution >= 0.6 is 0 Å². The number of alkyl carbamates (subject to hydrolysis) is 1. The molecule has 0 aliphatic heterocycles. The second kappa shape index (κ2) is 14.5. The Bertz CT molecular complexity index is 1760. The third-order valence-corrected chi connectivity index (χ3v) is 8.15. The number of anilines is 2. The Kier molecular flexibility index (Phi) is 10.7. The van der Waals surface area contributed by atoms with Gasteiger partial charge in [-0.15, -0.1) is 0 Å². The molecule has 0 saturated carbocycles. The summed E-state index contributed by atoms with van der Waals surface area (Å²) in [4.78, 5) is 13.9. The lowest BCUT2D eigenvalue weighted by atomic mass is 10.0. The number of halogens is 2. The lowest BCUT2D eigenvalue weighted by Gasteiger charge is -2.26. The number of hydrogen-bond acceptors (Lipinski definition) is 7. The zero-order chi connectivity index (χ0) is 33.5. The van der Waals surface area contributed by atoms with Crippen LogP contribution in [0.4, 0.5) is 25.0 Å². The van der Waals surface area contributed by atoms with Gasteiger partial charge in [0, 0.05) is 25.3 Å². The van der Waals surface area contributed by atoms with Gasteiger partial charge < -0.3 is 24.4 Å². The van der Waals surface area contributed by atoms with Crippen molar-refractivity contribution in [2.75, 3.05) is 36.9 Å². The summed E-state index contributed by atoms with van der Waals surface area (Å²) >= 11 is 0. The maximum atomic E-state index is 14.5. The number of methoxy groups -OCH3 is 2. The highest BCUT2D eigenvalue weighted by molar-refractivity contribution is 7.92. The van der Waals surface area contributed by atoms with Crippen molar-refractivity contribution in [3.63, 3.8) is 0 Å². The summed E-state index contributed by atoms with van der Waals surface area (Å²) in [5.41, 5.74) is 0.889. The monoisotopic (exact) mass is 653 g/mol. The van der Waals surface area contributed by atoms with Crippen molar-refractivity contribution in [2.45, 2.75) is 37.8 Å². The summed E-state index contributed by atoms with van der Waals surface area (Å²) in [5.74, 6) is -0.950. The van der Waals surface area contributed by atoms with Gasteiger partial charge in [0.1, 0.15) is 33.6 Å². The molecule has 0 aliphatic rings. The van der Waals surface area contributed by atoms with Gasteiger partial charge in [0.2, 0.25) is 0 Å². The highest BCUT2D eigenvalue weighted by Gasteiger charge is 2.23. The van der Waals surface area contributed by atoms with Crippen molar-refractivity contribution in [3.8, 4) is 22.6 Å². The molecular weight excluding hydrogens is 616 g/mol. The van der Waals surface area contributed by atoms with Gasteiger partial charge in [0.15, 0.2) is 0 Å². The molecule has 9 nitrogen and oxygen atoms in total. The summed E-state index contributed by atoms with van der Waals surface area (Å²) in [6.45, 7) is 6.38. The van der Waals surface area contributed by atoms with E-state index in [1.807, 2.05) is 35.2 Å². The van der Waals surface area contributed by atoms with Crippen LogP contribution in [0.3, 0.4) is 0 Å². The Morgan fingerprint density at radius 1 is 0.870 bits per heavy atom. The predicted molar refractivity (Wildman–Crippen MR) is 174 cm³/mol. The van der Waals surface area contributed by atoms with E-state index in [0.717, 1.165) is 17.7 Å². The van der Waals surface area contributed by atoms with E-state index in [4.69, 9.17) is 14.2 Å². The summed E-state index contributed by atoms with van der Waals surface area (Å²) in [6, 6.07) is 21.6. The maximum Gasteiger partial charge on any atom is 0.407 e. The molecule has 0 bridgehead atoms. The minimum absolute atomic E-state index is 0.00139. The Balaban J connectivity index is 1.62. The second-order valence-corrected chi connectivity index (χ2v) is 13.0. The van der Waals surface area contributed by atoms with Crippen LogP contribution in [-0.2, 0) is 21.3 Å². The van der Waals surface area contributed by atoms with Gasteiger partial charge in [-0.1, -0.05) is 30.3 Å². The third-order valence-electron chi connectivity index (χ3n) is 6.75. The van der Waals surface area contributed by atoms with Crippen molar-refractivity contribution in [1.29, 1.82) is 0 Å². The number of ether oxygens (including phenoxy) is 3. The van der Waals surface area contributed by atoms with E-state index in [2.05, 4.69) is 10.0 Å². The number of rotatable bonds is 12. The summed E-state index contributed by atoms with van der Waals surface area (Å²) in [7, 11) is -1.40. The molecule has 1 amide bonds. The van der Waals surface area contributed by atoms with Gasteiger partial charge in [-0.05, 0) is 86.5 Å². The zero-order valence-corrected chi connectivity index (χ0v) is 27.1. The average Bonchev–Trinajstić information content (AvgIpc) is 3.00. The molecule has 0 spiro atoms. The van der Waals surface area contributed by atoms with Crippen molar-refractivity contribution >= 4 is 27.5 Å². The Morgan fingerprint density at radius 2 is 1.54 bits per heavy atom. The first kappa shape index (κ1) is 34.0. The predicted octanol–water partition coefficient (Wildman–Crippen LogP) is 6.98. The van der Waals surface area contributed by atoms with Gasteiger partial charge in [-0.2, -0.15) is 0 Å². The van der Waals surface area contributed by atoms with E-state index in [0.29, 0.717) is 24.5 Å². The number of carbonyl (C=O) groups is 1. The van der Waals surface area contributed by atoms with Crippen LogP contribution in [0.2, 0.25) is 0 Å². The molecule has 4 aromatic carbocycles. The van der Waals surface area contributed by atoms with Gasteiger partial charge in [-0.25, -0.2) is 22.0 Å². The molecule has 0 fully saturated rings. The molecule has 0 aliphatic carbocycles. The number of sulfonamides is 1. The first-order valence-corrected chi connectivity index (χ1v) is 15.9. The molecule has 2 N–H and O–H groups in total. The third kappa shape index (κ3) is 8.87. The smallest absolute Gasteiger partial charge is 0.407 e. The van der Waals surface area contributed by atoms with Gasteiger partial charge >= 0.3 is 6.09 Å². The summed E-state index contributed by atoms with van der Waals surface area (Å²) in [5, 5.41) is 2.76. The average molecular weight is 654 g/mol. The van der Waals surface area contributed by atoms with Crippen molar-refractivity contribution in [3.05, 3.63) is 102 Å². The number of nitrogens with one attached hydrogen (secondary N) is 2. The Morgan fingerprint density at radius 3 is 2.17 bits per heavy atom. The minimum atomic E-state index is -4.29. The second-order valence-electron chi connectivity index (χ2n) is 11.3. The fraction of sp³-hybridized carbons (Fsp3) is 0.265. The number of hydrogen-bond donors (Lipinski definition) is 2. The van der Waals surface area contributed by atoms with Crippen LogP contribution in [0.1, 0.15) is 26.3 Å². The molecule has 0 atom stereocenters. The number of amides is 1. The molecule has 0 heterocycles. The molecule has 244 valence electrons. The Labute approximate surface area is 268 Å². The lowest BCUT2D eigenvalue weighted by Crippen LogP contribution is -2.38. The summed E-state index contributed by atoms with van der Waals surface area (Å²) in [6.07, 6.45) is -0.551. The summed E-state index contributed by atoms with van der Waals surface area (Å²) < 4.78 is 74.9. The van der Waals surface area contributed by atoms with Crippen LogP contribution in [0, 0.1) is 11.6 Å². The van der Waals surface area contributed by atoms with Crippen molar-refractivity contribution < 1.29 is 36.2 Å². The molecule has 46 heavy (non-hydrogen) atoms. The van der Waals surface area contributed by atoms with E-state index in [-0.39, 0.29) is 34.0 Å². The van der Waals surface area contributed by atoms with Gasteiger partial charge in [0.25, 0.3) is 10.0 Å². The quantitative estimate of drug-likeness (QED) is 0.170. The van der Waals surface area contributed by atoms with Crippen LogP contribution in [0.25, 0.3) is 11.1 Å². The molecule has 4 rings (SSSR count). The molecule has 0 saturated heterocycles. The van der Waals surface area contributed by atoms with Gasteiger partial charge in [0.05, 0.1) is 25.5 Å². The van der Waals surface area contributed by atoms with Crippen LogP contribution in [0.5, 0.6) is 11.5 Å². The van der Waals surface area contributed by atoms with Gasteiger partial charge in [-0.3, -0.25) is 4.72 Å². The largest absolute Gasteiger partial charge is 0.497 e. The van der Waals surface area contributed by atoms with Crippen molar-refractivity contribution in [1.82, 2.24) is 5.32 Å². The zero-order valence-electron chi connectivity index (χ0n) is 26.3. The van der Waals surface area contributed by atoms with E-state index < -0.39 is 33.4 Å². The number of benzene rings is 4. The van der Waals surface area contributed by atoms with Crippen LogP contribution in [-0.4, -0.2) is 47.4 Å². The normalized spacial score (nSPS) is 11.5. The maximum absolute atomic E-state index is 14.5. The van der Waals surface area contributed by atoms with E-state index in [1.165, 1.54) is 31.4 Å². The first-order valence-electron chi connectivity index (χ1n) is 14.4. The molecule has 4 aromatic rings. The molecular formula is C34H37F2N3O6S. The first-order chi connectivity index (χ1) is 21.8. The number of carbonyl (C=O) groups excluding carboxylic acids is 1. The molecule has 0 aromatic heterocycles. The van der Waals surface area contributed by atoms with E-state index in [9.17, 15) is 22.0 Å². The minimum Gasteiger partial charge on any atom is -0.497 e.